The molecular formula is C96H101F12N21O20. The topological polar surface area (TPSA) is 510 Å². The second-order valence-corrected chi connectivity index (χ2v) is 34.0. The van der Waals surface area contributed by atoms with Gasteiger partial charge in [-0.2, -0.15) is 73.1 Å². The second-order valence-electron chi connectivity index (χ2n) is 34.0. The van der Waals surface area contributed by atoms with Crippen LogP contribution in [0.4, 0.5) is 81.3 Å². The molecule has 7 N–H and O–H groups in total. The standard InChI is InChI=1S/C29H34N6O4.C22H23N5O3.C20H21N5O4.C17H19N5O.4C2HF3O2/c1-29(2,3)39-28(37)33-16-14-32(15-17-33)27-31-24-18-30-35(21-38-20-23-12-8-5-9-13-23)26(36)25(24)34(27)19-22-10-6-4-7-11-22;1-2-3-13-26-19-18(24-22(26)25-11-5-4-6-12-25)14-23-27(20(19)28)15-16-7-9-17(10-8-16)21(29)30;1-2-3-11-24-17-15(22-20(24)23-9-5-4-6-10-23)12-21-25(18(17)26)13-14-7-8-16(29-14)19(27)28;23-16-15-14(11-18-20-16)19-17(21-9-5-2-6-10-21)22(15)12-13-7-3-1-4-8-13;4*3-2(4,5)1(6)7/h4-13,18H,14-17,19-21H2,1-3H3;7-10,14H,4-6,11-13,15H2,1H3,(H,29,30);7-8,12H,4-6,9-11,13H2,1H3,(H,27,28);1,3-4,7-8,11H,2,5-6,9-10,12H2,(H,20,23);4*(H,6,7). The molecule has 13 aromatic rings. The van der Waals surface area contributed by atoms with Crippen LogP contribution >= 0.6 is 0 Å². The van der Waals surface area contributed by atoms with E-state index in [4.69, 9.17) is 78.7 Å². The Morgan fingerprint density at radius 2 is 0.732 bits per heavy atom. The number of aromatic nitrogens is 16. The molecule has 4 aliphatic heterocycles. The van der Waals surface area contributed by atoms with Crippen LogP contribution in [0.15, 0.2) is 176 Å². The number of hydrogen-bond acceptors (Lipinski definition) is 26. The number of rotatable bonds is 20. The van der Waals surface area contributed by atoms with Crippen molar-refractivity contribution in [1.29, 1.82) is 0 Å². The summed E-state index contributed by atoms with van der Waals surface area (Å²) in [7, 11) is 0. The zero-order valence-electron chi connectivity index (χ0n) is 80.4. The molecule has 13 heterocycles. The number of anilines is 4. The summed E-state index contributed by atoms with van der Waals surface area (Å²) in [4.78, 5) is 152. The Morgan fingerprint density at radius 1 is 0.389 bits per heavy atom. The molecule has 9 aromatic heterocycles. The van der Waals surface area contributed by atoms with Crippen LogP contribution in [0.5, 0.6) is 0 Å². The fourth-order valence-corrected chi connectivity index (χ4v) is 15.1. The molecule has 0 radical (unpaired) electrons. The Morgan fingerprint density at radius 3 is 1.10 bits per heavy atom. The summed E-state index contributed by atoms with van der Waals surface area (Å²) in [6, 6.07) is 39.3. The molecule has 41 nitrogen and oxygen atoms in total. The highest BCUT2D eigenvalue weighted by Gasteiger charge is 2.41. The number of carbonyl (C=O) groups is 7. The lowest BCUT2D eigenvalue weighted by atomic mass is 10.1. The van der Waals surface area contributed by atoms with Crippen LogP contribution < -0.4 is 41.8 Å². The maximum absolute atomic E-state index is 13.6. The number of carbonyl (C=O) groups excluding carboxylic acids is 1. The Hall–Kier alpha value is -16.9. The normalized spacial score (nSPS) is 13.7. The highest BCUT2D eigenvalue weighted by molar-refractivity contribution is 5.88. The monoisotopic (exact) mass is 2100 g/mol. The number of ether oxygens (including phenoxy) is 2. The first-order valence-corrected chi connectivity index (χ1v) is 45.7. The Kier molecular flexibility index (Phi) is 39.6. The summed E-state index contributed by atoms with van der Waals surface area (Å²) >= 11 is 0. The molecule has 0 bridgehead atoms. The number of furan rings is 1. The lowest BCUT2D eigenvalue weighted by Crippen LogP contribution is -2.50. The number of nitrogens with zero attached hydrogens (tertiary/aromatic N) is 20. The number of hydrogen-bond donors (Lipinski definition) is 7. The summed E-state index contributed by atoms with van der Waals surface area (Å²) in [6.45, 7) is 19.4. The van der Waals surface area contributed by atoms with Crippen molar-refractivity contribution in [2.75, 3.05) is 85.0 Å². The minimum absolute atomic E-state index is 0.0318. The van der Waals surface area contributed by atoms with E-state index in [9.17, 15) is 86.2 Å². The molecule has 0 atom stereocenters. The van der Waals surface area contributed by atoms with Crippen molar-refractivity contribution >= 4 is 110 Å². The smallest absolute Gasteiger partial charge is 0.478 e. The van der Waals surface area contributed by atoms with Crippen molar-refractivity contribution < 1.29 is 131 Å². The third-order valence-electron chi connectivity index (χ3n) is 22.1. The zero-order chi connectivity index (χ0) is 109. The summed E-state index contributed by atoms with van der Waals surface area (Å²) in [5, 5.41) is 65.8. The van der Waals surface area contributed by atoms with Gasteiger partial charge in [0.25, 0.3) is 22.2 Å². The van der Waals surface area contributed by atoms with E-state index in [1.54, 1.807) is 55.7 Å². The van der Waals surface area contributed by atoms with Crippen LogP contribution in [-0.4, -0.2) is 251 Å². The molecule has 0 unspecified atom stereocenters. The number of aromatic carboxylic acids is 2. The number of nitrogens with one attached hydrogen (secondary N) is 1. The number of imidazole rings is 4. The van der Waals surface area contributed by atoms with Crippen LogP contribution in [0.25, 0.3) is 44.1 Å². The van der Waals surface area contributed by atoms with Gasteiger partial charge in [0.05, 0.1) is 69.7 Å². The Bertz CT molecular complexity index is 7090. The number of halogens is 12. The first-order chi connectivity index (χ1) is 70.5. The van der Waals surface area contributed by atoms with Gasteiger partial charge in [-0.15, -0.1) is 11.8 Å². The Balaban J connectivity index is 0.000000188. The number of piperazine rings is 1. The quantitative estimate of drug-likeness (QED) is 0.0275. The van der Waals surface area contributed by atoms with Crippen LogP contribution in [0, 0.1) is 23.7 Å². The van der Waals surface area contributed by atoms with Crippen LogP contribution in [0.3, 0.4) is 0 Å². The first kappa shape index (κ1) is 114. The van der Waals surface area contributed by atoms with Gasteiger partial charge in [0, 0.05) is 65.4 Å². The fraction of sp³-hybridized carbons (Fsp3) is 0.385. The van der Waals surface area contributed by atoms with E-state index in [-0.39, 0.29) is 59.5 Å². The third kappa shape index (κ3) is 32.3. The molecule has 17 rings (SSSR count). The lowest BCUT2D eigenvalue weighted by Gasteiger charge is -2.36. The Labute approximate surface area is 836 Å². The molecule has 0 saturated carbocycles. The minimum Gasteiger partial charge on any atom is -0.478 e. The lowest BCUT2D eigenvalue weighted by molar-refractivity contribution is -0.193. The predicted octanol–water partition coefficient (Wildman–Crippen LogP) is 12.9. The molecule has 149 heavy (non-hydrogen) atoms. The molecule has 0 spiro atoms. The number of amides is 1. The number of carboxylic acid groups (broad SMARTS) is 6. The van der Waals surface area contributed by atoms with E-state index < -0.39 is 66.1 Å². The number of aromatic amines is 1. The van der Waals surface area contributed by atoms with Gasteiger partial charge in [-0.3, -0.25) is 28.3 Å². The summed E-state index contributed by atoms with van der Waals surface area (Å²) in [5.41, 5.74) is 6.97. The van der Waals surface area contributed by atoms with Gasteiger partial charge in [0.1, 0.15) is 68.8 Å². The highest BCUT2D eigenvalue weighted by Crippen LogP contribution is 2.31. The number of H-pyrrole nitrogens is 1. The van der Waals surface area contributed by atoms with Crippen molar-refractivity contribution in [2.24, 2.45) is 0 Å². The van der Waals surface area contributed by atoms with Crippen molar-refractivity contribution in [2.45, 2.75) is 175 Å². The summed E-state index contributed by atoms with van der Waals surface area (Å²) in [6.07, 6.45) is -3.82. The zero-order valence-corrected chi connectivity index (χ0v) is 80.4. The van der Waals surface area contributed by atoms with Crippen molar-refractivity contribution in [3.63, 3.8) is 0 Å². The molecule has 4 aromatic carbocycles. The third-order valence-corrected chi connectivity index (χ3v) is 22.1. The average Bonchev–Trinajstić information content (AvgIpc) is 1.62. The van der Waals surface area contributed by atoms with Gasteiger partial charge in [-0.05, 0) is 139 Å². The van der Waals surface area contributed by atoms with Crippen molar-refractivity contribution in [3.8, 4) is 23.7 Å². The number of fused-ring (bicyclic) bond motifs is 4. The van der Waals surface area contributed by atoms with Crippen LogP contribution in [0.2, 0.25) is 0 Å². The number of aliphatic carboxylic acids is 4. The maximum Gasteiger partial charge on any atom is 0.490 e. The van der Waals surface area contributed by atoms with Gasteiger partial charge >= 0.3 is 66.6 Å². The molecule has 0 aliphatic carbocycles. The van der Waals surface area contributed by atoms with Gasteiger partial charge < -0.3 is 78.2 Å². The number of alkyl halides is 12. The number of carboxylic acids is 6. The second kappa shape index (κ2) is 51.7. The molecule has 53 heteroatoms. The molecular weight excluding hydrogens is 2000 g/mol. The van der Waals surface area contributed by atoms with E-state index in [0.29, 0.717) is 115 Å². The maximum atomic E-state index is 13.6. The van der Waals surface area contributed by atoms with E-state index in [1.807, 2.05) is 118 Å². The molecule has 794 valence electrons. The summed E-state index contributed by atoms with van der Waals surface area (Å²) in [5.74, 6) is 1.93. The van der Waals surface area contributed by atoms with E-state index >= 15 is 0 Å². The van der Waals surface area contributed by atoms with Gasteiger partial charge in [-0.25, -0.2) is 72.6 Å². The van der Waals surface area contributed by atoms with Gasteiger partial charge in [-0.1, -0.05) is 115 Å². The van der Waals surface area contributed by atoms with Crippen molar-refractivity contribution in [1.82, 2.24) is 82.6 Å². The molecule has 4 saturated heterocycles. The van der Waals surface area contributed by atoms with Gasteiger partial charge in [0.2, 0.25) is 29.6 Å². The number of benzene rings is 4. The fourth-order valence-electron chi connectivity index (χ4n) is 15.1. The molecule has 4 aliphatic rings. The SMILES string of the molecule is CC#CCn1c(N2CCCCC2)nc2cnn(Cc3ccc(C(=O)O)cc3)c(=O)c21.CC#CCn1c(N2CCCCC2)nc2cnn(Cc3ccc(C(=O)O)o3)c(=O)c21.CC(C)(C)OC(=O)N1CCN(c2nc3cnn(COCc4ccccc4)c(=O)c3n2Cc2ccccc2)CC1.O=C(O)C(F)(F)F.O=C(O)C(F)(F)F.O=C(O)C(F)(F)F.O=C(O)C(F)(F)F.O=c1[nH]ncc2nc(N3CCCCC3)n(Cc3ccccc3)c12. The van der Waals surface area contributed by atoms with E-state index in [1.165, 1.54) is 70.4 Å². The largest absolute Gasteiger partial charge is 0.490 e. The van der Waals surface area contributed by atoms with Crippen LogP contribution in [0.1, 0.15) is 141 Å². The van der Waals surface area contributed by atoms with E-state index in [0.717, 1.165) is 105 Å². The molecule has 1 amide bonds. The average molecular weight is 2100 g/mol. The summed E-state index contributed by atoms with van der Waals surface area (Å²) < 4.78 is 155. The number of piperidine rings is 3. The van der Waals surface area contributed by atoms with Gasteiger partial charge in [0.15, 0.2) is 0 Å². The highest BCUT2D eigenvalue weighted by atomic mass is 19.4. The predicted molar refractivity (Wildman–Crippen MR) is 513 cm³/mol. The van der Waals surface area contributed by atoms with E-state index in [2.05, 4.69) is 85.9 Å². The minimum atomic E-state index is -5.08. The first-order valence-electron chi connectivity index (χ1n) is 45.7. The molecule has 4 fully saturated rings. The van der Waals surface area contributed by atoms with Crippen molar-refractivity contribution in [3.05, 3.63) is 233 Å². The van der Waals surface area contributed by atoms with Crippen LogP contribution in [-0.2, 0) is 81.3 Å².